The first kappa shape index (κ1) is 14.5. The van der Waals surface area contributed by atoms with Crippen molar-refractivity contribution in [3.05, 3.63) is 22.2 Å². The number of halogens is 1. The van der Waals surface area contributed by atoms with Crippen molar-refractivity contribution in [2.75, 3.05) is 13.2 Å². The third-order valence-corrected chi connectivity index (χ3v) is 3.45. The Kier molecular flexibility index (Phi) is 4.26. The SMILES string of the molecule is CCc1c(CC(C)(C)N)cc(Cl)c2c1OCCCO2. The third kappa shape index (κ3) is 3.34. The number of nitrogens with two attached hydrogens (primary N) is 1. The summed E-state index contributed by atoms with van der Waals surface area (Å²) in [4.78, 5) is 0. The van der Waals surface area contributed by atoms with Crippen LogP contribution in [0.15, 0.2) is 6.07 Å². The van der Waals surface area contributed by atoms with Crippen LogP contribution >= 0.6 is 11.6 Å². The minimum absolute atomic E-state index is 0.271. The summed E-state index contributed by atoms with van der Waals surface area (Å²) in [5.41, 5.74) is 8.19. The Bertz CT molecular complexity index is 466. The zero-order valence-corrected chi connectivity index (χ0v) is 12.6. The van der Waals surface area contributed by atoms with Crippen molar-refractivity contribution < 1.29 is 9.47 Å². The van der Waals surface area contributed by atoms with Crippen molar-refractivity contribution in [1.29, 1.82) is 0 Å². The molecular weight excluding hydrogens is 262 g/mol. The lowest BCUT2D eigenvalue weighted by molar-refractivity contribution is 0.296. The Hall–Kier alpha value is -0.930. The Morgan fingerprint density at radius 1 is 1.26 bits per heavy atom. The maximum atomic E-state index is 6.33. The van der Waals surface area contributed by atoms with Crippen LogP contribution in [0.1, 0.15) is 38.3 Å². The number of benzene rings is 1. The Morgan fingerprint density at radius 2 is 1.89 bits per heavy atom. The predicted octanol–water partition coefficient (Wildman–Crippen LogP) is 3.34. The van der Waals surface area contributed by atoms with Gasteiger partial charge in [-0.15, -0.1) is 0 Å². The van der Waals surface area contributed by atoms with E-state index in [9.17, 15) is 0 Å². The Labute approximate surface area is 120 Å². The summed E-state index contributed by atoms with van der Waals surface area (Å²) >= 11 is 6.33. The van der Waals surface area contributed by atoms with Crippen LogP contribution in [0.5, 0.6) is 11.5 Å². The zero-order chi connectivity index (χ0) is 14.0. The molecule has 2 N–H and O–H groups in total. The molecule has 0 amide bonds. The van der Waals surface area contributed by atoms with Gasteiger partial charge in [0.1, 0.15) is 0 Å². The molecule has 3 nitrogen and oxygen atoms in total. The molecule has 1 aliphatic heterocycles. The highest BCUT2D eigenvalue weighted by Crippen LogP contribution is 2.42. The lowest BCUT2D eigenvalue weighted by Gasteiger charge is -2.23. The average Bonchev–Trinajstić information content (AvgIpc) is 2.53. The topological polar surface area (TPSA) is 44.5 Å². The molecule has 2 rings (SSSR count). The molecule has 106 valence electrons. The minimum Gasteiger partial charge on any atom is -0.489 e. The molecule has 0 unspecified atom stereocenters. The van der Waals surface area contributed by atoms with Gasteiger partial charge in [0, 0.05) is 17.5 Å². The van der Waals surface area contributed by atoms with Crippen LogP contribution in [-0.2, 0) is 12.8 Å². The summed E-state index contributed by atoms with van der Waals surface area (Å²) in [6.07, 6.45) is 2.53. The van der Waals surface area contributed by atoms with Crippen molar-refractivity contribution in [2.24, 2.45) is 5.73 Å². The first-order chi connectivity index (χ1) is 8.92. The summed E-state index contributed by atoms with van der Waals surface area (Å²) in [5.74, 6) is 1.50. The summed E-state index contributed by atoms with van der Waals surface area (Å²) in [7, 11) is 0. The van der Waals surface area contributed by atoms with Crippen molar-refractivity contribution in [3.8, 4) is 11.5 Å². The summed E-state index contributed by atoms with van der Waals surface area (Å²) in [6.45, 7) is 7.47. The van der Waals surface area contributed by atoms with Gasteiger partial charge in [-0.2, -0.15) is 0 Å². The molecule has 4 heteroatoms. The second-order valence-electron chi connectivity index (χ2n) is 5.72. The molecule has 1 aliphatic rings. The molecule has 0 aromatic heterocycles. The fraction of sp³-hybridized carbons (Fsp3) is 0.600. The van der Waals surface area contributed by atoms with E-state index in [1.807, 2.05) is 19.9 Å². The van der Waals surface area contributed by atoms with E-state index in [0.717, 1.165) is 30.6 Å². The van der Waals surface area contributed by atoms with Gasteiger partial charge in [-0.1, -0.05) is 18.5 Å². The first-order valence-corrected chi connectivity index (χ1v) is 7.19. The monoisotopic (exact) mass is 283 g/mol. The molecule has 0 spiro atoms. The molecular formula is C15H22ClNO2. The number of hydrogen-bond donors (Lipinski definition) is 1. The zero-order valence-electron chi connectivity index (χ0n) is 11.9. The number of fused-ring (bicyclic) bond motifs is 1. The van der Waals surface area contributed by atoms with E-state index in [-0.39, 0.29) is 5.54 Å². The van der Waals surface area contributed by atoms with Gasteiger partial charge < -0.3 is 15.2 Å². The van der Waals surface area contributed by atoms with Crippen LogP contribution in [0, 0.1) is 0 Å². The standard InChI is InChI=1S/C15H22ClNO2/c1-4-11-10(9-15(2,3)17)8-12(16)14-13(11)18-6-5-7-19-14/h8H,4-7,9,17H2,1-3H3. The summed E-state index contributed by atoms with van der Waals surface area (Å²) < 4.78 is 11.6. The highest BCUT2D eigenvalue weighted by molar-refractivity contribution is 6.32. The normalized spacial score (nSPS) is 15.2. The van der Waals surface area contributed by atoms with Gasteiger partial charge in [0.25, 0.3) is 0 Å². The van der Waals surface area contributed by atoms with Crippen molar-refractivity contribution in [2.45, 2.75) is 45.6 Å². The average molecular weight is 284 g/mol. The second-order valence-corrected chi connectivity index (χ2v) is 6.13. The van der Waals surface area contributed by atoms with Gasteiger partial charge in [0.05, 0.1) is 18.2 Å². The van der Waals surface area contributed by atoms with Crippen LogP contribution in [0.3, 0.4) is 0 Å². The van der Waals surface area contributed by atoms with Crippen LogP contribution in [-0.4, -0.2) is 18.8 Å². The fourth-order valence-electron chi connectivity index (χ4n) is 2.43. The van der Waals surface area contributed by atoms with E-state index in [0.29, 0.717) is 24.0 Å². The summed E-state index contributed by atoms with van der Waals surface area (Å²) in [6, 6.07) is 1.97. The third-order valence-electron chi connectivity index (χ3n) is 3.17. The predicted molar refractivity (Wildman–Crippen MR) is 78.4 cm³/mol. The van der Waals surface area contributed by atoms with E-state index < -0.39 is 0 Å². The summed E-state index contributed by atoms with van der Waals surface area (Å²) in [5, 5.41) is 0.619. The second kappa shape index (κ2) is 5.59. The van der Waals surface area contributed by atoms with Crippen LogP contribution < -0.4 is 15.2 Å². The van der Waals surface area contributed by atoms with Crippen LogP contribution in [0.2, 0.25) is 5.02 Å². The van der Waals surface area contributed by atoms with Gasteiger partial charge in [-0.3, -0.25) is 0 Å². The maximum Gasteiger partial charge on any atom is 0.180 e. The van der Waals surface area contributed by atoms with E-state index >= 15 is 0 Å². The fourth-order valence-corrected chi connectivity index (χ4v) is 2.70. The van der Waals surface area contributed by atoms with Gasteiger partial charge in [0.15, 0.2) is 11.5 Å². The van der Waals surface area contributed by atoms with Gasteiger partial charge in [-0.05, 0) is 38.3 Å². The van der Waals surface area contributed by atoms with Crippen molar-refractivity contribution >= 4 is 11.6 Å². The molecule has 0 radical (unpaired) electrons. The van der Waals surface area contributed by atoms with Crippen LogP contribution in [0.4, 0.5) is 0 Å². The molecule has 0 aliphatic carbocycles. The minimum atomic E-state index is -0.271. The Morgan fingerprint density at radius 3 is 2.47 bits per heavy atom. The number of hydrogen-bond acceptors (Lipinski definition) is 3. The van der Waals surface area contributed by atoms with E-state index in [1.165, 1.54) is 5.56 Å². The molecule has 19 heavy (non-hydrogen) atoms. The quantitative estimate of drug-likeness (QED) is 0.925. The highest BCUT2D eigenvalue weighted by atomic mass is 35.5. The molecule has 0 atom stereocenters. The molecule has 0 bridgehead atoms. The number of rotatable bonds is 3. The van der Waals surface area contributed by atoms with Gasteiger partial charge in [0.2, 0.25) is 0 Å². The lowest BCUT2D eigenvalue weighted by atomic mass is 9.91. The largest absolute Gasteiger partial charge is 0.489 e. The smallest absolute Gasteiger partial charge is 0.180 e. The van der Waals surface area contributed by atoms with Gasteiger partial charge in [-0.25, -0.2) is 0 Å². The van der Waals surface area contributed by atoms with Gasteiger partial charge >= 0.3 is 0 Å². The van der Waals surface area contributed by atoms with Crippen molar-refractivity contribution in [1.82, 2.24) is 0 Å². The number of ether oxygens (including phenoxy) is 2. The molecule has 0 saturated carbocycles. The lowest BCUT2D eigenvalue weighted by Crippen LogP contribution is -2.34. The first-order valence-electron chi connectivity index (χ1n) is 6.81. The van der Waals surface area contributed by atoms with E-state index in [2.05, 4.69) is 6.92 Å². The van der Waals surface area contributed by atoms with E-state index in [1.54, 1.807) is 0 Å². The Balaban J connectivity index is 2.51. The molecule has 0 saturated heterocycles. The van der Waals surface area contributed by atoms with E-state index in [4.69, 9.17) is 26.8 Å². The maximum absolute atomic E-state index is 6.33. The molecule has 1 heterocycles. The van der Waals surface area contributed by atoms with Crippen molar-refractivity contribution in [3.63, 3.8) is 0 Å². The highest BCUT2D eigenvalue weighted by Gasteiger charge is 2.23. The van der Waals surface area contributed by atoms with Crippen LogP contribution in [0.25, 0.3) is 0 Å². The molecule has 1 aromatic carbocycles. The molecule has 0 fully saturated rings. The molecule has 1 aromatic rings.